The summed E-state index contributed by atoms with van der Waals surface area (Å²) in [6, 6.07) is 11.4. The highest BCUT2D eigenvalue weighted by molar-refractivity contribution is 6.00. The van der Waals surface area contributed by atoms with Crippen LogP contribution in [0.15, 0.2) is 53.7 Å². The Morgan fingerprint density at radius 2 is 2.08 bits per heavy atom. The van der Waals surface area contributed by atoms with Gasteiger partial charge in [0, 0.05) is 41.9 Å². The van der Waals surface area contributed by atoms with Crippen molar-refractivity contribution >= 4 is 17.9 Å². The molecule has 1 aliphatic rings. The first-order chi connectivity index (χ1) is 17.3. The largest absolute Gasteiger partial charge is 0.394 e. The maximum absolute atomic E-state index is 14.4. The summed E-state index contributed by atoms with van der Waals surface area (Å²) in [5, 5.41) is 29.8. The average molecular weight is 496 g/mol. The average Bonchev–Trinajstić information content (AvgIpc) is 2.86. The lowest BCUT2D eigenvalue weighted by atomic mass is 9.65. The molecule has 36 heavy (non-hydrogen) atoms. The van der Waals surface area contributed by atoms with E-state index in [-0.39, 0.29) is 31.5 Å². The van der Waals surface area contributed by atoms with Gasteiger partial charge in [0.25, 0.3) is 5.91 Å². The van der Waals surface area contributed by atoms with Crippen LogP contribution in [0.4, 0.5) is 14.6 Å². The first-order valence-electron chi connectivity index (χ1n) is 11.6. The number of carbonyl (C=O) groups excluding carboxylic acids is 1. The molecule has 0 aliphatic heterocycles. The van der Waals surface area contributed by atoms with Gasteiger partial charge in [-0.15, -0.1) is 10.2 Å². The topological polar surface area (TPSA) is 121 Å². The van der Waals surface area contributed by atoms with E-state index in [1.165, 1.54) is 24.5 Å². The van der Waals surface area contributed by atoms with Gasteiger partial charge in [-0.3, -0.25) is 9.78 Å². The molecule has 0 unspecified atom stereocenters. The van der Waals surface area contributed by atoms with Gasteiger partial charge in [0.15, 0.2) is 0 Å². The van der Waals surface area contributed by atoms with Gasteiger partial charge < -0.3 is 15.5 Å². The fourth-order valence-electron chi connectivity index (χ4n) is 4.25. The number of aliphatic imine (C=N–C) groups is 1. The number of aromatic nitrogens is 3. The minimum absolute atomic E-state index is 0.0706. The number of aliphatic hydroxyl groups excluding tert-OH is 2. The van der Waals surface area contributed by atoms with Crippen LogP contribution in [0.25, 0.3) is 11.3 Å². The van der Waals surface area contributed by atoms with Crippen LogP contribution in [0.2, 0.25) is 0 Å². The maximum atomic E-state index is 14.4. The molecular formula is C26H27F2N5O3. The highest BCUT2D eigenvalue weighted by Gasteiger charge is 2.48. The van der Waals surface area contributed by atoms with E-state index in [1.54, 1.807) is 30.3 Å². The second kappa shape index (κ2) is 11.0. The molecule has 188 valence electrons. The number of aliphatic hydroxyl groups is 2. The Morgan fingerprint density at radius 1 is 1.28 bits per heavy atom. The monoisotopic (exact) mass is 495 g/mol. The van der Waals surface area contributed by atoms with E-state index in [4.69, 9.17) is 5.11 Å². The van der Waals surface area contributed by atoms with Crippen LogP contribution in [-0.4, -0.2) is 62.9 Å². The van der Waals surface area contributed by atoms with Crippen LogP contribution in [0.1, 0.15) is 40.9 Å². The van der Waals surface area contributed by atoms with Crippen molar-refractivity contribution in [3.8, 4) is 11.3 Å². The van der Waals surface area contributed by atoms with E-state index >= 15 is 0 Å². The van der Waals surface area contributed by atoms with E-state index in [1.807, 2.05) is 6.92 Å². The molecular weight excluding hydrogens is 468 g/mol. The first kappa shape index (κ1) is 25.5. The Labute approximate surface area is 207 Å². The predicted octanol–water partition coefficient (Wildman–Crippen LogP) is 3.42. The van der Waals surface area contributed by atoms with Crippen molar-refractivity contribution in [3.05, 3.63) is 71.3 Å². The van der Waals surface area contributed by atoms with Gasteiger partial charge >= 0.3 is 0 Å². The van der Waals surface area contributed by atoms with Crippen LogP contribution in [0.5, 0.6) is 0 Å². The van der Waals surface area contributed by atoms with E-state index in [0.29, 0.717) is 22.6 Å². The zero-order valence-corrected chi connectivity index (χ0v) is 19.7. The molecule has 0 bridgehead atoms. The number of pyridine rings is 1. The van der Waals surface area contributed by atoms with Crippen LogP contribution >= 0.6 is 0 Å². The van der Waals surface area contributed by atoms with Gasteiger partial charge in [0.05, 0.1) is 24.1 Å². The molecule has 1 amide bonds. The SMILES string of the molecule is Cc1ccc(C(=O)N=CC[C@@H](O)CO)cc1-c1ccc(NCC2(c3ncccc3F)CC(F)C2)nn1. The smallest absolute Gasteiger partial charge is 0.276 e. The molecule has 1 aliphatic carbocycles. The van der Waals surface area contributed by atoms with Gasteiger partial charge in [-0.1, -0.05) is 6.07 Å². The fraction of sp³-hybridized carbons (Fsp3) is 0.346. The lowest BCUT2D eigenvalue weighted by molar-refractivity contribution is 0.0963. The molecule has 1 saturated carbocycles. The second-order valence-corrected chi connectivity index (χ2v) is 9.00. The van der Waals surface area contributed by atoms with Crippen molar-refractivity contribution in [2.75, 3.05) is 18.5 Å². The summed E-state index contributed by atoms with van der Waals surface area (Å²) in [5.74, 6) is -0.480. The number of anilines is 1. The number of halogens is 2. The molecule has 0 spiro atoms. The summed E-state index contributed by atoms with van der Waals surface area (Å²) in [4.78, 5) is 20.4. The van der Waals surface area contributed by atoms with Crippen molar-refractivity contribution < 1.29 is 23.8 Å². The summed E-state index contributed by atoms with van der Waals surface area (Å²) >= 11 is 0. The number of nitrogens with zero attached hydrogens (tertiary/aromatic N) is 4. The number of aryl methyl sites for hydroxylation is 1. The molecule has 0 saturated heterocycles. The number of benzene rings is 1. The number of alkyl halides is 1. The predicted molar refractivity (Wildman–Crippen MR) is 131 cm³/mol. The summed E-state index contributed by atoms with van der Waals surface area (Å²) in [6.07, 6.45) is 1.26. The second-order valence-electron chi connectivity index (χ2n) is 9.00. The number of hydrogen-bond acceptors (Lipinski definition) is 7. The first-order valence-corrected chi connectivity index (χ1v) is 11.6. The summed E-state index contributed by atoms with van der Waals surface area (Å²) in [7, 11) is 0. The quantitative estimate of drug-likeness (QED) is 0.389. The lowest BCUT2D eigenvalue weighted by Crippen LogP contribution is -2.49. The van der Waals surface area contributed by atoms with Crippen molar-refractivity contribution in [1.29, 1.82) is 0 Å². The number of nitrogens with one attached hydrogen (secondary N) is 1. The van der Waals surface area contributed by atoms with Crippen molar-refractivity contribution in [2.24, 2.45) is 4.99 Å². The Bertz CT molecular complexity index is 1250. The molecule has 1 fully saturated rings. The third-order valence-corrected chi connectivity index (χ3v) is 6.31. The van der Waals surface area contributed by atoms with E-state index in [2.05, 4.69) is 25.5 Å². The number of amides is 1. The molecule has 3 aromatic rings. The summed E-state index contributed by atoms with van der Waals surface area (Å²) < 4.78 is 28.1. The highest BCUT2D eigenvalue weighted by atomic mass is 19.1. The Hall–Kier alpha value is -3.63. The minimum atomic E-state index is -0.997. The number of rotatable bonds is 9. The van der Waals surface area contributed by atoms with Gasteiger partial charge in [-0.05, 0) is 61.7 Å². The van der Waals surface area contributed by atoms with Crippen LogP contribution < -0.4 is 5.32 Å². The minimum Gasteiger partial charge on any atom is -0.394 e. The van der Waals surface area contributed by atoms with E-state index < -0.39 is 36.0 Å². The molecule has 2 heterocycles. The van der Waals surface area contributed by atoms with E-state index in [0.717, 1.165) is 5.56 Å². The molecule has 10 heteroatoms. The van der Waals surface area contributed by atoms with Crippen LogP contribution in [-0.2, 0) is 5.41 Å². The van der Waals surface area contributed by atoms with Crippen LogP contribution in [0, 0.1) is 12.7 Å². The van der Waals surface area contributed by atoms with Crippen molar-refractivity contribution in [1.82, 2.24) is 15.2 Å². The Balaban J connectivity index is 1.46. The lowest BCUT2D eigenvalue weighted by Gasteiger charge is -2.44. The standard InChI is InChI=1S/C26H27F2N5O3/c1-16-4-5-17(25(36)30-10-8-19(35)14-34)11-20(16)22-6-7-23(33-32-22)31-15-26(12-18(27)13-26)24-21(28)3-2-9-29-24/h2-7,9-11,18-19,34-35H,8,12-15H2,1H3,(H,31,33)/t18?,19-,26?/m1/s1. The van der Waals surface area contributed by atoms with Gasteiger partial charge in [0.1, 0.15) is 17.8 Å². The fourth-order valence-corrected chi connectivity index (χ4v) is 4.25. The highest BCUT2D eigenvalue weighted by Crippen LogP contribution is 2.45. The number of hydrogen-bond donors (Lipinski definition) is 3. The molecule has 8 nitrogen and oxygen atoms in total. The van der Waals surface area contributed by atoms with E-state index in [9.17, 15) is 18.7 Å². The molecule has 3 N–H and O–H groups in total. The summed E-state index contributed by atoms with van der Waals surface area (Å²) in [6.45, 7) is 1.74. The van der Waals surface area contributed by atoms with Gasteiger partial charge in [-0.25, -0.2) is 13.8 Å². The maximum Gasteiger partial charge on any atom is 0.276 e. The number of carbonyl (C=O) groups is 1. The zero-order chi connectivity index (χ0) is 25.7. The zero-order valence-electron chi connectivity index (χ0n) is 19.7. The summed E-state index contributed by atoms with van der Waals surface area (Å²) in [5.41, 5.74) is 1.99. The normalized spacial score (nSPS) is 20.2. The van der Waals surface area contributed by atoms with Crippen molar-refractivity contribution in [3.63, 3.8) is 0 Å². The Kier molecular flexibility index (Phi) is 7.76. The van der Waals surface area contributed by atoms with Crippen LogP contribution in [0.3, 0.4) is 0 Å². The molecule has 4 rings (SSSR count). The third kappa shape index (κ3) is 5.60. The molecule has 1 atom stereocenters. The third-order valence-electron chi connectivity index (χ3n) is 6.31. The van der Waals surface area contributed by atoms with Gasteiger partial charge in [0.2, 0.25) is 0 Å². The molecule has 1 aromatic carbocycles. The molecule has 0 radical (unpaired) electrons. The van der Waals surface area contributed by atoms with Crippen molar-refractivity contribution in [2.45, 2.75) is 43.9 Å². The Morgan fingerprint density at radius 3 is 2.75 bits per heavy atom. The van der Waals surface area contributed by atoms with Gasteiger partial charge in [-0.2, -0.15) is 0 Å². The molecule has 2 aromatic heterocycles.